The number of aromatic nitrogens is 3. The second-order valence-corrected chi connectivity index (χ2v) is 7.99. The van der Waals surface area contributed by atoms with Crippen LogP contribution in [0, 0.1) is 6.92 Å². The fraction of sp³-hybridized carbons (Fsp3) is 0.409. The summed E-state index contributed by atoms with van der Waals surface area (Å²) in [6.45, 7) is 2.62. The number of hydrogen-bond acceptors (Lipinski definition) is 5. The molecule has 1 saturated heterocycles. The fourth-order valence-electron chi connectivity index (χ4n) is 4.50. The summed E-state index contributed by atoms with van der Waals surface area (Å²) in [5.74, 6) is 2.01. The minimum atomic E-state index is 0.0552. The molecule has 1 fully saturated rings. The summed E-state index contributed by atoms with van der Waals surface area (Å²) in [5, 5.41) is 4.14. The van der Waals surface area contributed by atoms with E-state index in [-0.39, 0.29) is 17.9 Å². The first-order valence-electron chi connectivity index (χ1n) is 10.1. The average molecular weight is 392 g/mol. The standard InChI is InChI=1S/C22H24N4O3/c1-13-9-19(23-11-13)20-24-21(29-25-20)15-4-7-16-6-3-14-5-8-17(28-2)10-18(14)22(27)26(16)12-15/h5,8-11,15-16,23H,3-4,6-7,12H2,1-2H3/t15-,16+/m0/s1. The fourth-order valence-corrected chi connectivity index (χ4v) is 4.50. The number of amides is 1. The van der Waals surface area contributed by atoms with Gasteiger partial charge in [-0.05, 0) is 61.9 Å². The number of aromatic amines is 1. The summed E-state index contributed by atoms with van der Waals surface area (Å²) >= 11 is 0. The zero-order valence-electron chi connectivity index (χ0n) is 16.6. The molecule has 2 aliphatic rings. The SMILES string of the molecule is COc1ccc2c(c1)C(=O)N1C[C@@H](c3nc(-c4cc(C)c[nH]4)no3)CC[C@H]1CC2. The third-order valence-corrected chi connectivity index (χ3v) is 6.12. The Balaban J connectivity index is 1.40. The molecule has 1 N–H and O–H groups in total. The lowest BCUT2D eigenvalue weighted by Crippen LogP contribution is -2.45. The van der Waals surface area contributed by atoms with Crippen molar-refractivity contribution < 1.29 is 14.1 Å². The predicted molar refractivity (Wildman–Crippen MR) is 107 cm³/mol. The number of aryl methyl sites for hydroxylation is 2. The van der Waals surface area contributed by atoms with Gasteiger partial charge >= 0.3 is 0 Å². The summed E-state index contributed by atoms with van der Waals surface area (Å²) in [7, 11) is 1.63. The van der Waals surface area contributed by atoms with Crippen LogP contribution in [-0.2, 0) is 6.42 Å². The van der Waals surface area contributed by atoms with E-state index in [0.29, 0.717) is 24.0 Å². The van der Waals surface area contributed by atoms with Crippen molar-refractivity contribution in [3.8, 4) is 17.3 Å². The van der Waals surface area contributed by atoms with E-state index in [0.717, 1.165) is 48.1 Å². The number of methoxy groups -OCH3 is 1. The summed E-state index contributed by atoms with van der Waals surface area (Å²) < 4.78 is 10.9. The zero-order chi connectivity index (χ0) is 20.0. The molecule has 3 aromatic rings. The van der Waals surface area contributed by atoms with Gasteiger partial charge in [-0.1, -0.05) is 11.2 Å². The van der Waals surface area contributed by atoms with Crippen molar-refractivity contribution in [1.82, 2.24) is 20.0 Å². The lowest BCUT2D eigenvalue weighted by molar-refractivity contribution is 0.0570. The van der Waals surface area contributed by atoms with Crippen LogP contribution in [0.1, 0.15) is 52.6 Å². The molecule has 1 aromatic carbocycles. The van der Waals surface area contributed by atoms with Crippen LogP contribution in [0.25, 0.3) is 11.5 Å². The number of rotatable bonds is 3. The Labute approximate surface area is 169 Å². The molecule has 0 saturated carbocycles. The van der Waals surface area contributed by atoms with Gasteiger partial charge in [-0.3, -0.25) is 4.79 Å². The summed E-state index contributed by atoms with van der Waals surface area (Å²) in [6, 6.07) is 8.06. The first kappa shape index (κ1) is 18.0. The smallest absolute Gasteiger partial charge is 0.254 e. The number of nitrogens with one attached hydrogen (secondary N) is 1. The van der Waals surface area contributed by atoms with E-state index >= 15 is 0 Å². The first-order valence-corrected chi connectivity index (χ1v) is 10.1. The maximum atomic E-state index is 13.3. The van der Waals surface area contributed by atoms with Crippen molar-refractivity contribution in [2.24, 2.45) is 0 Å². The van der Waals surface area contributed by atoms with Gasteiger partial charge < -0.3 is 19.1 Å². The third kappa shape index (κ3) is 3.20. The van der Waals surface area contributed by atoms with E-state index < -0.39 is 0 Å². The second-order valence-electron chi connectivity index (χ2n) is 7.99. The van der Waals surface area contributed by atoms with Crippen LogP contribution in [0.3, 0.4) is 0 Å². The maximum absolute atomic E-state index is 13.3. The number of ether oxygens (including phenoxy) is 1. The number of carbonyl (C=O) groups excluding carboxylic acids is 1. The molecule has 150 valence electrons. The van der Waals surface area contributed by atoms with Crippen molar-refractivity contribution in [3.05, 3.63) is 53.0 Å². The number of nitrogens with zero attached hydrogens (tertiary/aromatic N) is 3. The monoisotopic (exact) mass is 392 g/mol. The van der Waals surface area contributed by atoms with Crippen LogP contribution in [0.2, 0.25) is 0 Å². The molecule has 0 radical (unpaired) electrons. The number of benzene rings is 1. The van der Waals surface area contributed by atoms with Gasteiger partial charge in [0, 0.05) is 24.3 Å². The third-order valence-electron chi connectivity index (χ3n) is 6.12. The Hall–Kier alpha value is -3.09. The Morgan fingerprint density at radius 1 is 1.24 bits per heavy atom. The second kappa shape index (κ2) is 7.06. The minimum absolute atomic E-state index is 0.0552. The quantitative estimate of drug-likeness (QED) is 0.734. The normalized spacial score (nSPS) is 21.4. The topological polar surface area (TPSA) is 84.2 Å². The van der Waals surface area contributed by atoms with E-state index in [1.807, 2.05) is 42.3 Å². The molecular formula is C22H24N4O3. The first-order chi connectivity index (χ1) is 14.1. The highest BCUT2D eigenvalue weighted by Gasteiger charge is 2.37. The van der Waals surface area contributed by atoms with E-state index in [9.17, 15) is 4.79 Å². The van der Waals surface area contributed by atoms with Gasteiger partial charge in [0.15, 0.2) is 0 Å². The van der Waals surface area contributed by atoms with Gasteiger partial charge in [-0.15, -0.1) is 0 Å². The minimum Gasteiger partial charge on any atom is -0.497 e. The molecule has 7 nitrogen and oxygen atoms in total. The molecule has 0 spiro atoms. The number of hydrogen-bond donors (Lipinski definition) is 1. The lowest BCUT2D eigenvalue weighted by atomic mass is 9.90. The van der Waals surface area contributed by atoms with Crippen molar-refractivity contribution in [2.45, 2.75) is 44.6 Å². The van der Waals surface area contributed by atoms with Crippen LogP contribution in [0.5, 0.6) is 5.75 Å². The molecule has 4 heterocycles. The van der Waals surface area contributed by atoms with Gasteiger partial charge in [0.2, 0.25) is 11.7 Å². The van der Waals surface area contributed by atoms with Gasteiger partial charge in [-0.25, -0.2) is 0 Å². The van der Waals surface area contributed by atoms with Crippen molar-refractivity contribution in [1.29, 1.82) is 0 Å². The molecule has 2 atom stereocenters. The summed E-state index contributed by atoms with van der Waals surface area (Å²) in [4.78, 5) is 23.1. The molecule has 1 amide bonds. The molecule has 29 heavy (non-hydrogen) atoms. The Kier molecular flexibility index (Phi) is 4.38. The van der Waals surface area contributed by atoms with Gasteiger partial charge in [-0.2, -0.15) is 4.98 Å². The molecule has 2 aliphatic heterocycles. The highest BCUT2D eigenvalue weighted by Crippen LogP contribution is 2.36. The van der Waals surface area contributed by atoms with Crippen molar-refractivity contribution in [2.75, 3.05) is 13.7 Å². The molecule has 0 unspecified atom stereocenters. The predicted octanol–water partition coefficient (Wildman–Crippen LogP) is 3.72. The van der Waals surface area contributed by atoms with E-state index in [2.05, 4.69) is 15.1 Å². The Morgan fingerprint density at radius 3 is 2.93 bits per heavy atom. The van der Waals surface area contributed by atoms with E-state index in [1.165, 1.54) is 0 Å². The lowest BCUT2D eigenvalue weighted by Gasteiger charge is -2.37. The molecule has 7 heteroatoms. The van der Waals surface area contributed by atoms with Gasteiger partial charge in [0.05, 0.1) is 18.7 Å². The van der Waals surface area contributed by atoms with E-state index in [4.69, 9.17) is 9.26 Å². The molecular weight excluding hydrogens is 368 g/mol. The summed E-state index contributed by atoms with van der Waals surface area (Å²) in [6.07, 6.45) is 5.70. The van der Waals surface area contributed by atoms with Crippen LogP contribution in [-0.4, -0.2) is 45.6 Å². The molecule has 2 aromatic heterocycles. The summed E-state index contributed by atoms with van der Waals surface area (Å²) in [5.41, 5.74) is 3.82. The van der Waals surface area contributed by atoms with Crippen molar-refractivity contribution in [3.63, 3.8) is 0 Å². The molecule has 5 rings (SSSR count). The van der Waals surface area contributed by atoms with Crippen LogP contribution in [0.15, 0.2) is 35.0 Å². The molecule has 0 aliphatic carbocycles. The van der Waals surface area contributed by atoms with E-state index in [1.54, 1.807) is 7.11 Å². The Morgan fingerprint density at radius 2 is 2.14 bits per heavy atom. The number of piperidine rings is 1. The highest BCUT2D eigenvalue weighted by atomic mass is 16.5. The molecule has 0 bridgehead atoms. The average Bonchev–Trinajstić information content (AvgIpc) is 3.38. The zero-order valence-corrected chi connectivity index (χ0v) is 16.6. The number of carbonyl (C=O) groups is 1. The number of H-pyrrole nitrogens is 1. The number of fused-ring (bicyclic) bond motifs is 2. The Bertz CT molecular complexity index is 1050. The van der Waals surface area contributed by atoms with Crippen LogP contribution >= 0.6 is 0 Å². The van der Waals surface area contributed by atoms with Gasteiger partial charge in [0.1, 0.15) is 5.75 Å². The highest BCUT2D eigenvalue weighted by molar-refractivity contribution is 5.96. The maximum Gasteiger partial charge on any atom is 0.254 e. The largest absolute Gasteiger partial charge is 0.497 e. The van der Waals surface area contributed by atoms with Crippen LogP contribution in [0.4, 0.5) is 0 Å². The van der Waals surface area contributed by atoms with Gasteiger partial charge in [0.25, 0.3) is 5.91 Å². The van der Waals surface area contributed by atoms with Crippen molar-refractivity contribution >= 4 is 5.91 Å². The van der Waals surface area contributed by atoms with Crippen LogP contribution < -0.4 is 4.74 Å².